The number of nitrogens with one attached hydrogen (secondary N) is 9. The molecule has 4 aromatic rings. The molecule has 1 aliphatic rings. The molecule has 4 aromatic carbocycles. The zero-order chi connectivity index (χ0) is 79.3. The minimum atomic E-state index is -1.60. The van der Waals surface area contributed by atoms with Crippen LogP contribution in [0.5, 0.6) is 0 Å². The van der Waals surface area contributed by atoms with Crippen molar-refractivity contribution in [2.45, 2.75) is 156 Å². The van der Waals surface area contributed by atoms with Crippen LogP contribution in [0.15, 0.2) is 107 Å². The number of likely N-dealkylation sites (N-methyl/N-ethyl adjacent to an activating group) is 1. The second kappa shape index (κ2) is 41.2. The Kier molecular flexibility index (Phi) is 33.1. The van der Waals surface area contributed by atoms with Crippen LogP contribution in [0.2, 0.25) is 0 Å². The quantitative estimate of drug-likeness (QED) is 0.00955. The summed E-state index contributed by atoms with van der Waals surface area (Å²) in [6.45, 7) is 16.7. The molecule has 34 nitrogen and oxygen atoms in total. The number of nitro groups is 1. The van der Waals surface area contributed by atoms with Crippen LogP contribution in [0.25, 0.3) is 11.1 Å². The number of benzene rings is 4. The lowest BCUT2D eigenvalue weighted by atomic mass is 9.98. The van der Waals surface area contributed by atoms with E-state index in [0.717, 1.165) is 27.9 Å². The van der Waals surface area contributed by atoms with Crippen LogP contribution in [-0.2, 0) is 71.7 Å². The van der Waals surface area contributed by atoms with Crippen molar-refractivity contribution in [3.05, 3.63) is 118 Å². The maximum Gasteiger partial charge on any atom is 0.410 e. The van der Waals surface area contributed by atoms with Crippen molar-refractivity contribution in [3.8, 4) is 11.1 Å². The fraction of sp³-hybridized carbons (Fsp3) is 0.493. The maximum absolute atomic E-state index is 14.2. The topological polar surface area (TPSA) is 467 Å². The molecular formula is C73H99N15O19. The van der Waals surface area contributed by atoms with E-state index in [4.69, 9.17) is 24.7 Å². The molecule has 5 rings (SSSR count). The fourth-order valence-electron chi connectivity index (χ4n) is 10.6. The summed E-state index contributed by atoms with van der Waals surface area (Å²) in [5.41, 5.74) is 8.54. The number of ether oxygens (including phenoxy) is 4. The van der Waals surface area contributed by atoms with Gasteiger partial charge >= 0.3 is 24.1 Å². The van der Waals surface area contributed by atoms with Crippen molar-refractivity contribution in [2.24, 2.45) is 27.8 Å². The van der Waals surface area contributed by atoms with Crippen molar-refractivity contribution in [2.75, 3.05) is 70.5 Å². The SMILES string of the molecule is CCN(CCN(CC(=O)NCC(=O)N[C@H](C(=O)N[C@@H](CCC(=O)OCCC(=O)NC[C@@H](NC(=O)[C@H](CC(C)C)NC(=O)OC(C)(C)C)C(=O)N[C@@H](C)C(=O)NCC(=O)NCC(N)=O)C(=O)OC(C)(C)C)C(C)C)C(=O)OCC1c2ccccc2-c2ccccc21)c1ccc(N=Nc2ccc([N+](=O)[O-])cc2)cc1. The summed E-state index contributed by atoms with van der Waals surface area (Å²) >= 11 is 0. The molecule has 580 valence electrons. The fourth-order valence-corrected chi connectivity index (χ4v) is 10.6. The van der Waals surface area contributed by atoms with Gasteiger partial charge in [0.2, 0.25) is 53.2 Å². The lowest BCUT2D eigenvalue weighted by Gasteiger charge is -2.28. The van der Waals surface area contributed by atoms with E-state index in [0.29, 0.717) is 17.9 Å². The molecule has 11 N–H and O–H groups in total. The van der Waals surface area contributed by atoms with Crippen LogP contribution in [0.4, 0.5) is 32.3 Å². The van der Waals surface area contributed by atoms with Crippen molar-refractivity contribution in [3.63, 3.8) is 0 Å². The summed E-state index contributed by atoms with van der Waals surface area (Å²) in [5.74, 6) is -10.5. The lowest BCUT2D eigenvalue weighted by molar-refractivity contribution is -0.384. The number of hydrogen-bond acceptors (Lipinski definition) is 22. The van der Waals surface area contributed by atoms with E-state index < -0.39 is 182 Å². The summed E-state index contributed by atoms with van der Waals surface area (Å²) in [4.78, 5) is 186. The molecule has 34 heteroatoms. The molecule has 0 unspecified atom stereocenters. The Morgan fingerprint density at radius 1 is 0.579 bits per heavy atom. The van der Waals surface area contributed by atoms with E-state index in [9.17, 15) is 72.4 Å². The summed E-state index contributed by atoms with van der Waals surface area (Å²) < 4.78 is 22.2. The van der Waals surface area contributed by atoms with Gasteiger partial charge in [-0.2, -0.15) is 10.2 Å². The zero-order valence-electron chi connectivity index (χ0n) is 62.3. The Morgan fingerprint density at radius 3 is 1.70 bits per heavy atom. The zero-order valence-corrected chi connectivity index (χ0v) is 62.3. The monoisotopic (exact) mass is 1490 g/mol. The van der Waals surface area contributed by atoms with Gasteiger partial charge in [-0.3, -0.25) is 63.0 Å². The third-order valence-electron chi connectivity index (χ3n) is 15.9. The number of non-ortho nitro benzene ring substituents is 1. The number of esters is 2. The average Bonchev–Trinajstić information content (AvgIpc) is 1.61. The number of azo groups is 1. The highest BCUT2D eigenvalue weighted by atomic mass is 16.6. The number of fused-ring (bicyclic) bond motifs is 3. The van der Waals surface area contributed by atoms with Crippen LogP contribution in [0.1, 0.15) is 126 Å². The maximum atomic E-state index is 14.2. The molecule has 0 aliphatic heterocycles. The standard InChI is InChI=1S/C73H99N15O19/c1-13-86(48-26-22-46(23-27-48)84-85-47-24-28-49(29-25-47)88(102)103)33-34-87(71(101)105-42-54-52-20-16-14-18-50(52)51-19-15-17-21-53(51)54)41-62(93)77-40-61(92)83-64(44(4)5)68(98)80-55(69(99)106-72(7,8)9)30-31-63(94)104-35-32-59(90)75-37-57(67(97)79-45(6)65(95)78-39-60(91)76-38-58(74)89)81-66(96)56(36-43(2)3)82-70(100)107-73(10,11)12/h14-29,43-45,54-57,64H,13,30-42H2,1-12H3,(H2,74,89)(H,75,90)(H,76,91)(H,77,93)(H,78,95)(H,79,97)(H,80,98)(H,81,96)(H,82,100)(H,83,92)/t45-,55-,56-,57+,64-/m0/s1. The van der Waals surface area contributed by atoms with E-state index in [2.05, 4.69) is 58.1 Å². The highest BCUT2D eigenvalue weighted by Crippen LogP contribution is 2.44. The van der Waals surface area contributed by atoms with Gasteiger partial charge in [-0.15, -0.1) is 0 Å². The van der Waals surface area contributed by atoms with Gasteiger partial charge in [0.15, 0.2) is 0 Å². The Bertz CT molecular complexity index is 3790. The van der Waals surface area contributed by atoms with Crippen molar-refractivity contribution >= 4 is 100 Å². The number of anilines is 1. The number of nitrogens with zero attached hydrogens (tertiary/aromatic N) is 5. The van der Waals surface area contributed by atoms with Crippen LogP contribution >= 0.6 is 0 Å². The molecular weight excluding hydrogens is 1390 g/mol. The van der Waals surface area contributed by atoms with Gasteiger partial charge in [-0.1, -0.05) is 76.2 Å². The van der Waals surface area contributed by atoms with Gasteiger partial charge in [0.25, 0.3) is 5.69 Å². The first-order valence-corrected chi connectivity index (χ1v) is 35.0. The first kappa shape index (κ1) is 86.0. The van der Waals surface area contributed by atoms with Crippen LogP contribution in [0.3, 0.4) is 0 Å². The number of hydrogen-bond donors (Lipinski definition) is 10. The van der Waals surface area contributed by atoms with Gasteiger partial charge in [-0.05, 0) is 139 Å². The highest BCUT2D eigenvalue weighted by Gasteiger charge is 2.35. The number of carbonyl (C=O) groups is 13. The minimum Gasteiger partial charge on any atom is -0.465 e. The van der Waals surface area contributed by atoms with Crippen LogP contribution < -0.4 is 58.5 Å². The molecule has 107 heavy (non-hydrogen) atoms. The number of nitrogens with two attached hydrogens (primary N) is 1. The normalized spacial score (nSPS) is 13.1. The summed E-state index contributed by atoms with van der Waals surface area (Å²) in [7, 11) is 0. The average molecular weight is 1490 g/mol. The van der Waals surface area contributed by atoms with E-state index in [1.807, 2.05) is 60.4 Å². The van der Waals surface area contributed by atoms with Crippen molar-refractivity contribution < 1.29 is 86.2 Å². The van der Waals surface area contributed by atoms with Crippen molar-refractivity contribution in [1.29, 1.82) is 0 Å². The van der Waals surface area contributed by atoms with E-state index in [-0.39, 0.29) is 50.1 Å². The van der Waals surface area contributed by atoms with Gasteiger partial charge in [0, 0.05) is 56.3 Å². The second-order valence-corrected chi connectivity index (χ2v) is 27.8. The predicted octanol–water partition coefficient (Wildman–Crippen LogP) is 4.65. The van der Waals surface area contributed by atoms with Gasteiger partial charge in [0.05, 0.1) is 42.4 Å². The number of amides is 11. The smallest absolute Gasteiger partial charge is 0.410 e. The number of alkyl carbamates (subject to hydrolysis) is 1. The summed E-state index contributed by atoms with van der Waals surface area (Å²) in [6.07, 6.45) is -3.05. The Balaban J connectivity index is 1.20. The number of rotatable bonds is 39. The molecule has 0 saturated carbocycles. The molecule has 0 bridgehead atoms. The van der Waals surface area contributed by atoms with Gasteiger partial charge in [0.1, 0.15) is 61.2 Å². The third kappa shape index (κ3) is 29.8. The number of nitro benzene ring substituents is 1. The van der Waals surface area contributed by atoms with Gasteiger partial charge in [-0.25, -0.2) is 14.4 Å². The summed E-state index contributed by atoms with van der Waals surface area (Å²) in [5, 5.41) is 41.5. The molecule has 0 spiro atoms. The number of carbonyl (C=O) groups excluding carboxylic acids is 13. The second-order valence-electron chi connectivity index (χ2n) is 27.8. The predicted molar refractivity (Wildman–Crippen MR) is 391 cm³/mol. The first-order valence-electron chi connectivity index (χ1n) is 35.0. The lowest BCUT2D eigenvalue weighted by Crippen LogP contribution is -2.59. The van der Waals surface area contributed by atoms with E-state index in [1.165, 1.54) is 36.1 Å². The Morgan fingerprint density at radius 2 is 1.14 bits per heavy atom. The molecule has 0 heterocycles. The van der Waals surface area contributed by atoms with Crippen molar-refractivity contribution in [1.82, 2.24) is 52.8 Å². The highest BCUT2D eigenvalue weighted by molar-refractivity contribution is 5.96. The Labute approximate surface area is 620 Å². The molecule has 0 aromatic heterocycles. The van der Waals surface area contributed by atoms with E-state index >= 15 is 0 Å². The third-order valence-corrected chi connectivity index (χ3v) is 15.9. The first-order chi connectivity index (χ1) is 50.4. The Hall–Kier alpha value is -11.6. The molecule has 0 saturated heterocycles. The molecule has 0 fully saturated rings. The molecule has 11 amide bonds. The number of primary amides is 1. The van der Waals surface area contributed by atoms with Crippen LogP contribution in [-0.4, -0.2) is 194 Å². The van der Waals surface area contributed by atoms with Crippen LogP contribution in [0, 0.1) is 22.0 Å². The summed E-state index contributed by atoms with van der Waals surface area (Å²) in [6, 6.07) is 21.3. The molecule has 0 radical (unpaired) electrons. The minimum absolute atomic E-state index is 0.0235. The molecule has 1 aliphatic carbocycles. The van der Waals surface area contributed by atoms with E-state index in [1.54, 1.807) is 93.5 Å². The largest absolute Gasteiger partial charge is 0.465 e. The molecule has 5 atom stereocenters. The van der Waals surface area contributed by atoms with Gasteiger partial charge < -0.3 is 77.4 Å².